The van der Waals surface area contributed by atoms with Crippen molar-refractivity contribution in [2.24, 2.45) is 0 Å². The summed E-state index contributed by atoms with van der Waals surface area (Å²) in [6.45, 7) is 0.218. The molecule has 1 amide bonds. The van der Waals surface area contributed by atoms with Crippen LogP contribution in [0.15, 0.2) is 24.4 Å². The van der Waals surface area contributed by atoms with Gasteiger partial charge in [-0.2, -0.15) is 0 Å². The highest BCUT2D eigenvalue weighted by molar-refractivity contribution is 5.96. The Hall–Kier alpha value is -2.63. The van der Waals surface area contributed by atoms with Gasteiger partial charge in [0.1, 0.15) is 5.82 Å². The summed E-state index contributed by atoms with van der Waals surface area (Å²) in [5.74, 6) is 2.98. The molecule has 1 aromatic heterocycles. The van der Waals surface area contributed by atoms with E-state index in [0.717, 1.165) is 36.3 Å². The van der Waals surface area contributed by atoms with E-state index in [1.165, 1.54) is 12.8 Å². The number of aromatic nitrogens is 2. The largest absolute Gasteiger partial charge is 0.454 e. The van der Waals surface area contributed by atoms with E-state index in [9.17, 15) is 4.79 Å². The molecular formula is C20H19N3O3. The van der Waals surface area contributed by atoms with Crippen molar-refractivity contribution < 1.29 is 14.3 Å². The second kappa shape index (κ2) is 5.19. The van der Waals surface area contributed by atoms with Gasteiger partial charge in [-0.25, -0.2) is 9.97 Å². The highest BCUT2D eigenvalue weighted by atomic mass is 16.7. The highest BCUT2D eigenvalue weighted by Gasteiger charge is 2.44. The predicted octanol–water partition coefficient (Wildman–Crippen LogP) is 2.98. The molecule has 4 aliphatic rings. The number of nitrogens with zero attached hydrogens (tertiary/aromatic N) is 3. The van der Waals surface area contributed by atoms with Crippen molar-refractivity contribution in [2.45, 2.75) is 50.1 Å². The third-order valence-corrected chi connectivity index (χ3v) is 6.01. The van der Waals surface area contributed by atoms with E-state index >= 15 is 0 Å². The first-order valence-electron chi connectivity index (χ1n) is 9.36. The Kier molecular flexibility index (Phi) is 2.90. The molecule has 0 N–H and O–H groups in total. The second-order valence-electron chi connectivity index (χ2n) is 7.64. The van der Waals surface area contributed by atoms with Crippen LogP contribution in [0.1, 0.15) is 65.1 Å². The maximum Gasteiger partial charge on any atom is 0.254 e. The van der Waals surface area contributed by atoms with Crippen LogP contribution < -0.4 is 9.47 Å². The van der Waals surface area contributed by atoms with Crippen LogP contribution in [0.25, 0.3) is 0 Å². The fourth-order valence-electron chi connectivity index (χ4n) is 4.52. The number of carbonyl (C=O) groups is 1. The van der Waals surface area contributed by atoms with Crippen molar-refractivity contribution in [3.05, 3.63) is 47.0 Å². The van der Waals surface area contributed by atoms with Crippen LogP contribution in [0.4, 0.5) is 0 Å². The molecule has 1 aliphatic carbocycles. The number of carbonyl (C=O) groups excluding carboxylic acids is 1. The Morgan fingerprint density at radius 2 is 2.00 bits per heavy atom. The van der Waals surface area contributed by atoms with E-state index in [0.29, 0.717) is 23.0 Å². The van der Waals surface area contributed by atoms with Crippen molar-refractivity contribution in [1.29, 1.82) is 0 Å². The molecule has 2 aromatic rings. The minimum Gasteiger partial charge on any atom is -0.454 e. The van der Waals surface area contributed by atoms with E-state index in [2.05, 4.69) is 4.98 Å². The second-order valence-corrected chi connectivity index (χ2v) is 7.64. The molecule has 2 fully saturated rings. The first-order chi connectivity index (χ1) is 12.8. The Morgan fingerprint density at radius 3 is 2.88 bits per heavy atom. The Bertz CT molecular complexity index is 925. The van der Waals surface area contributed by atoms with Crippen LogP contribution >= 0.6 is 0 Å². The molecule has 132 valence electrons. The Balaban J connectivity index is 1.34. The van der Waals surface area contributed by atoms with Crippen molar-refractivity contribution in [3.8, 4) is 11.5 Å². The topological polar surface area (TPSA) is 64.6 Å². The zero-order chi connectivity index (χ0) is 17.3. The van der Waals surface area contributed by atoms with Gasteiger partial charge in [0, 0.05) is 35.7 Å². The summed E-state index contributed by atoms with van der Waals surface area (Å²) in [6, 6.07) is 5.77. The summed E-state index contributed by atoms with van der Waals surface area (Å²) in [5, 5.41) is 0. The molecule has 0 spiro atoms. The third-order valence-electron chi connectivity index (χ3n) is 6.01. The first kappa shape index (κ1) is 14.5. The summed E-state index contributed by atoms with van der Waals surface area (Å²) >= 11 is 0. The van der Waals surface area contributed by atoms with E-state index in [1.807, 2.05) is 23.2 Å². The SMILES string of the molecule is O=C(c1ccc2c(c1)OCO2)N1C2CCC1c1cnc(C3CC3)nc1C2. The van der Waals surface area contributed by atoms with Gasteiger partial charge in [-0.1, -0.05) is 0 Å². The zero-order valence-corrected chi connectivity index (χ0v) is 14.4. The summed E-state index contributed by atoms with van der Waals surface area (Å²) < 4.78 is 10.8. The van der Waals surface area contributed by atoms with Crippen molar-refractivity contribution in [2.75, 3.05) is 6.79 Å². The molecule has 6 rings (SSSR count). The van der Waals surface area contributed by atoms with Gasteiger partial charge in [-0.3, -0.25) is 4.79 Å². The number of amides is 1. The lowest BCUT2D eigenvalue weighted by Crippen LogP contribution is -2.42. The van der Waals surface area contributed by atoms with Crippen molar-refractivity contribution >= 4 is 5.91 Å². The maximum absolute atomic E-state index is 13.2. The summed E-state index contributed by atoms with van der Waals surface area (Å²) in [4.78, 5) is 24.7. The minimum absolute atomic E-state index is 0.0627. The Morgan fingerprint density at radius 1 is 1.12 bits per heavy atom. The molecular weight excluding hydrogens is 330 g/mol. The maximum atomic E-state index is 13.2. The van der Waals surface area contributed by atoms with Gasteiger partial charge in [-0.05, 0) is 43.9 Å². The summed E-state index contributed by atoms with van der Waals surface area (Å²) in [7, 11) is 0. The smallest absolute Gasteiger partial charge is 0.254 e. The predicted molar refractivity (Wildman–Crippen MR) is 92.2 cm³/mol. The van der Waals surface area contributed by atoms with Gasteiger partial charge >= 0.3 is 0 Å². The molecule has 2 bridgehead atoms. The molecule has 0 radical (unpaired) electrons. The van der Waals surface area contributed by atoms with E-state index in [-0.39, 0.29) is 24.8 Å². The van der Waals surface area contributed by atoms with E-state index < -0.39 is 0 Å². The summed E-state index contributed by atoms with van der Waals surface area (Å²) in [5.41, 5.74) is 2.95. The monoisotopic (exact) mass is 349 g/mol. The van der Waals surface area contributed by atoms with Crippen LogP contribution in [0.2, 0.25) is 0 Å². The lowest BCUT2D eigenvalue weighted by atomic mass is 9.98. The van der Waals surface area contributed by atoms with Crippen LogP contribution in [0, 0.1) is 0 Å². The molecule has 6 nitrogen and oxygen atoms in total. The standard InChI is InChI=1S/C20H19N3O3/c24-20(12-3-6-17-18(7-12)26-10-25-17)23-13-4-5-16(23)14-9-21-19(11-1-2-11)22-15(14)8-13/h3,6-7,9,11,13,16H,1-2,4-5,8,10H2. The number of fused-ring (bicyclic) bond motifs is 5. The average molecular weight is 349 g/mol. The van der Waals surface area contributed by atoms with Gasteiger partial charge in [0.25, 0.3) is 5.91 Å². The quantitative estimate of drug-likeness (QED) is 0.834. The fraction of sp³-hybridized carbons (Fsp3) is 0.450. The number of hydrogen-bond acceptors (Lipinski definition) is 5. The average Bonchev–Trinajstić information content (AvgIpc) is 3.33. The first-order valence-corrected chi connectivity index (χ1v) is 9.36. The highest BCUT2D eigenvalue weighted by Crippen LogP contribution is 2.45. The van der Waals surface area contributed by atoms with E-state index in [4.69, 9.17) is 14.5 Å². The van der Waals surface area contributed by atoms with Gasteiger partial charge in [0.2, 0.25) is 6.79 Å². The normalized spacial score (nSPS) is 25.3. The van der Waals surface area contributed by atoms with Crippen LogP contribution in [-0.2, 0) is 6.42 Å². The lowest BCUT2D eigenvalue weighted by molar-refractivity contribution is 0.0643. The van der Waals surface area contributed by atoms with E-state index in [1.54, 1.807) is 6.07 Å². The van der Waals surface area contributed by atoms with Crippen LogP contribution in [0.5, 0.6) is 11.5 Å². The van der Waals surface area contributed by atoms with Gasteiger partial charge in [-0.15, -0.1) is 0 Å². The van der Waals surface area contributed by atoms with Gasteiger partial charge in [0.05, 0.1) is 11.7 Å². The minimum atomic E-state index is 0.0627. The molecule has 2 atom stereocenters. The van der Waals surface area contributed by atoms with Gasteiger partial charge in [0.15, 0.2) is 11.5 Å². The molecule has 4 heterocycles. The van der Waals surface area contributed by atoms with Crippen LogP contribution in [-0.4, -0.2) is 33.6 Å². The fourth-order valence-corrected chi connectivity index (χ4v) is 4.52. The number of rotatable bonds is 2. The van der Waals surface area contributed by atoms with Crippen LogP contribution in [0.3, 0.4) is 0 Å². The number of hydrogen-bond donors (Lipinski definition) is 0. The molecule has 1 aromatic carbocycles. The number of ether oxygens (including phenoxy) is 2. The third kappa shape index (κ3) is 2.08. The lowest BCUT2D eigenvalue weighted by Gasteiger charge is -2.35. The molecule has 26 heavy (non-hydrogen) atoms. The Labute approximate surface area is 151 Å². The zero-order valence-electron chi connectivity index (χ0n) is 14.4. The molecule has 1 saturated carbocycles. The molecule has 1 saturated heterocycles. The molecule has 6 heteroatoms. The summed E-state index contributed by atoms with van der Waals surface area (Å²) in [6.07, 6.45) is 7.24. The van der Waals surface area contributed by atoms with Crippen molar-refractivity contribution in [1.82, 2.24) is 14.9 Å². The number of benzene rings is 1. The molecule has 3 aliphatic heterocycles. The van der Waals surface area contributed by atoms with Crippen molar-refractivity contribution in [3.63, 3.8) is 0 Å². The van der Waals surface area contributed by atoms with Gasteiger partial charge < -0.3 is 14.4 Å². The molecule has 2 unspecified atom stereocenters.